The number of hydrogen-bond donors (Lipinski definition) is 2. The molecular formula is C14H16BrN3. The Morgan fingerprint density at radius 3 is 2.44 bits per heavy atom. The zero-order valence-corrected chi connectivity index (χ0v) is 12.0. The van der Waals surface area contributed by atoms with Gasteiger partial charge in [0.2, 0.25) is 0 Å². The van der Waals surface area contributed by atoms with Gasteiger partial charge in [0.05, 0.1) is 17.1 Å². The molecular weight excluding hydrogens is 290 g/mol. The maximum Gasteiger partial charge on any atom is 0.0622 e. The smallest absolute Gasteiger partial charge is 0.0622 e. The van der Waals surface area contributed by atoms with Gasteiger partial charge in [-0.05, 0) is 46.3 Å². The van der Waals surface area contributed by atoms with E-state index in [9.17, 15) is 0 Å². The topological polar surface area (TPSA) is 41.3 Å². The Hall–Kier alpha value is -1.68. The number of rotatable bonds is 3. The van der Waals surface area contributed by atoms with Crippen LogP contribution in [0.15, 0.2) is 46.9 Å². The molecule has 0 bridgehead atoms. The molecule has 0 saturated heterocycles. The summed E-state index contributed by atoms with van der Waals surface area (Å²) >= 11 is 3.51. The second kappa shape index (κ2) is 5.31. The molecule has 2 aromatic carbocycles. The SMILES string of the molecule is CN(C)c1ccccc1Nc1ccc(N)cc1Br. The van der Waals surface area contributed by atoms with Gasteiger partial charge in [-0.1, -0.05) is 12.1 Å². The molecule has 3 N–H and O–H groups in total. The maximum absolute atomic E-state index is 5.73. The molecule has 0 aliphatic carbocycles. The van der Waals surface area contributed by atoms with Gasteiger partial charge in [0, 0.05) is 24.3 Å². The summed E-state index contributed by atoms with van der Waals surface area (Å²) in [5.74, 6) is 0. The molecule has 0 aromatic heterocycles. The van der Waals surface area contributed by atoms with Crippen molar-refractivity contribution in [2.24, 2.45) is 0 Å². The van der Waals surface area contributed by atoms with Gasteiger partial charge in [0.1, 0.15) is 0 Å². The Morgan fingerprint density at radius 1 is 1.06 bits per heavy atom. The summed E-state index contributed by atoms with van der Waals surface area (Å²) < 4.78 is 0.955. The van der Waals surface area contributed by atoms with Crippen molar-refractivity contribution >= 4 is 38.7 Å². The fourth-order valence-corrected chi connectivity index (χ4v) is 2.24. The fraction of sp³-hybridized carbons (Fsp3) is 0.143. The van der Waals surface area contributed by atoms with Crippen LogP contribution in [-0.4, -0.2) is 14.1 Å². The van der Waals surface area contributed by atoms with Crippen LogP contribution in [0.3, 0.4) is 0 Å². The van der Waals surface area contributed by atoms with Crippen molar-refractivity contribution in [1.29, 1.82) is 0 Å². The lowest BCUT2D eigenvalue weighted by Crippen LogP contribution is -2.10. The number of benzene rings is 2. The summed E-state index contributed by atoms with van der Waals surface area (Å²) in [6, 6.07) is 13.9. The molecule has 0 atom stereocenters. The van der Waals surface area contributed by atoms with Gasteiger partial charge in [0.25, 0.3) is 0 Å². The van der Waals surface area contributed by atoms with Crippen LogP contribution in [0.2, 0.25) is 0 Å². The Morgan fingerprint density at radius 2 is 1.78 bits per heavy atom. The lowest BCUT2D eigenvalue weighted by atomic mass is 10.2. The number of anilines is 4. The van der Waals surface area contributed by atoms with E-state index in [1.54, 1.807) is 0 Å². The molecule has 0 saturated carbocycles. The molecule has 0 amide bonds. The van der Waals surface area contributed by atoms with Crippen molar-refractivity contribution in [3.63, 3.8) is 0 Å². The van der Waals surface area contributed by atoms with E-state index in [1.165, 1.54) is 0 Å². The Kier molecular flexibility index (Phi) is 3.77. The molecule has 94 valence electrons. The number of nitrogen functional groups attached to an aromatic ring is 1. The number of halogens is 1. The predicted octanol–water partition coefficient (Wildman–Crippen LogP) is 3.84. The third-order valence-corrected chi connectivity index (χ3v) is 3.30. The predicted molar refractivity (Wildman–Crippen MR) is 82.6 cm³/mol. The van der Waals surface area contributed by atoms with E-state index in [1.807, 2.05) is 44.4 Å². The van der Waals surface area contributed by atoms with Crippen LogP contribution in [0.1, 0.15) is 0 Å². The van der Waals surface area contributed by atoms with Crippen molar-refractivity contribution in [3.8, 4) is 0 Å². The van der Waals surface area contributed by atoms with Crippen molar-refractivity contribution in [3.05, 3.63) is 46.9 Å². The third kappa shape index (κ3) is 2.76. The summed E-state index contributed by atoms with van der Waals surface area (Å²) in [5, 5.41) is 3.41. The monoisotopic (exact) mass is 305 g/mol. The first kappa shape index (κ1) is 12.8. The summed E-state index contributed by atoms with van der Waals surface area (Å²) in [5.41, 5.74) is 9.68. The third-order valence-electron chi connectivity index (χ3n) is 2.65. The number of nitrogens with one attached hydrogen (secondary N) is 1. The average molecular weight is 306 g/mol. The lowest BCUT2D eigenvalue weighted by molar-refractivity contribution is 1.13. The van der Waals surface area contributed by atoms with Crippen LogP contribution in [0, 0.1) is 0 Å². The first-order chi connectivity index (χ1) is 8.58. The van der Waals surface area contributed by atoms with Crippen molar-refractivity contribution in [2.45, 2.75) is 0 Å². The number of hydrogen-bond acceptors (Lipinski definition) is 3. The highest BCUT2D eigenvalue weighted by Crippen LogP contribution is 2.31. The van der Waals surface area contributed by atoms with E-state index < -0.39 is 0 Å². The standard InChI is InChI=1S/C14H16BrN3/c1-18(2)14-6-4-3-5-13(14)17-12-8-7-10(16)9-11(12)15/h3-9,17H,16H2,1-2H3. The molecule has 0 radical (unpaired) electrons. The van der Waals surface area contributed by atoms with Gasteiger partial charge in [-0.3, -0.25) is 0 Å². The summed E-state index contributed by atoms with van der Waals surface area (Å²) in [6.07, 6.45) is 0. The summed E-state index contributed by atoms with van der Waals surface area (Å²) in [4.78, 5) is 2.08. The number of nitrogens with two attached hydrogens (primary N) is 1. The van der Waals surface area contributed by atoms with Gasteiger partial charge >= 0.3 is 0 Å². The van der Waals surface area contributed by atoms with Crippen LogP contribution < -0.4 is 16.0 Å². The average Bonchev–Trinajstić information content (AvgIpc) is 2.33. The van der Waals surface area contributed by atoms with Gasteiger partial charge < -0.3 is 16.0 Å². The molecule has 0 spiro atoms. The zero-order valence-electron chi connectivity index (χ0n) is 10.4. The Bertz CT molecular complexity index is 552. The normalized spacial score (nSPS) is 10.2. The van der Waals surface area contributed by atoms with Crippen LogP contribution in [0.5, 0.6) is 0 Å². The number of para-hydroxylation sites is 2. The van der Waals surface area contributed by atoms with Gasteiger partial charge in [-0.15, -0.1) is 0 Å². The quantitative estimate of drug-likeness (QED) is 0.847. The van der Waals surface area contributed by atoms with Crippen molar-refractivity contribution in [1.82, 2.24) is 0 Å². The molecule has 3 nitrogen and oxygen atoms in total. The number of nitrogens with zero attached hydrogens (tertiary/aromatic N) is 1. The van der Waals surface area contributed by atoms with Crippen LogP contribution in [-0.2, 0) is 0 Å². The molecule has 2 rings (SSSR count). The van der Waals surface area contributed by atoms with Gasteiger partial charge in [-0.2, -0.15) is 0 Å². The van der Waals surface area contributed by atoms with E-state index in [2.05, 4.69) is 38.3 Å². The van der Waals surface area contributed by atoms with Crippen LogP contribution in [0.4, 0.5) is 22.7 Å². The molecule has 0 aliphatic rings. The Balaban J connectivity index is 2.34. The van der Waals surface area contributed by atoms with Gasteiger partial charge in [-0.25, -0.2) is 0 Å². The zero-order chi connectivity index (χ0) is 13.1. The van der Waals surface area contributed by atoms with Gasteiger partial charge in [0.15, 0.2) is 0 Å². The van der Waals surface area contributed by atoms with E-state index in [0.29, 0.717) is 0 Å². The molecule has 0 aliphatic heterocycles. The highest BCUT2D eigenvalue weighted by molar-refractivity contribution is 9.10. The molecule has 2 aromatic rings. The second-order valence-corrected chi connectivity index (χ2v) is 5.13. The first-order valence-electron chi connectivity index (χ1n) is 5.66. The molecule has 0 fully saturated rings. The first-order valence-corrected chi connectivity index (χ1v) is 6.45. The minimum Gasteiger partial charge on any atom is -0.399 e. The van der Waals surface area contributed by atoms with E-state index in [4.69, 9.17) is 5.73 Å². The summed E-state index contributed by atoms with van der Waals surface area (Å²) in [7, 11) is 4.05. The Labute approximate surface area is 116 Å². The lowest BCUT2D eigenvalue weighted by Gasteiger charge is -2.19. The molecule has 18 heavy (non-hydrogen) atoms. The van der Waals surface area contributed by atoms with Crippen molar-refractivity contribution in [2.75, 3.05) is 30.0 Å². The van der Waals surface area contributed by atoms with E-state index in [0.717, 1.165) is 27.2 Å². The maximum atomic E-state index is 5.73. The fourth-order valence-electron chi connectivity index (χ4n) is 1.75. The second-order valence-electron chi connectivity index (χ2n) is 4.28. The summed E-state index contributed by atoms with van der Waals surface area (Å²) in [6.45, 7) is 0. The van der Waals surface area contributed by atoms with E-state index >= 15 is 0 Å². The van der Waals surface area contributed by atoms with Crippen LogP contribution in [0.25, 0.3) is 0 Å². The minimum absolute atomic E-state index is 0.744. The minimum atomic E-state index is 0.744. The largest absolute Gasteiger partial charge is 0.399 e. The van der Waals surface area contributed by atoms with Crippen LogP contribution >= 0.6 is 15.9 Å². The highest BCUT2D eigenvalue weighted by Gasteiger charge is 2.06. The molecule has 4 heteroatoms. The van der Waals surface area contributed by atoms with E-state index in [-0.39, 0.29) is 0 Å². The highest BCUT2D eigenvalue weighted by atomic mass is 79.9. The molecule has 0 heterocycles. The van der Waals surface area contributed by atoms with Crippen molar-refractivity contribution < 1.29 is 0 Å². The molecule has 0 unspecified atom stereocenters.